The smallest absolute Gasteiger partial charge is 0.301 e. The van der Waals surface area contributed by atoms with Gasteiger partial charge in [-0.05, 0) is 36.6 Å². The molecule has 1 fully saturated rings. The van der Waals surface area contributed by atoms with E-state index in [0.29, 0.717) is 36.2 Å². The van der Waals surface area contributed by atoms with E-state index in [1.807, 2.05) is 13.8 Å². The zero-order chi connectivity index (χ0) is 26.8. The molecule has 1 aromatic carbocycles. The average molecular weight is 525 g/mol. The summed E-state index contributed by atoms with van der Waals surface area (Å²) in [6.07, 6.45) is 4.28. The van der Waals surface area contributed by atoms with E-state index in [9.17, 15) is 9.59 Å². The minimum atomic E-state index is -3.30. The van der Waals surface area contributed by atoms with E-state index >= 15 is 8.78 Å². The lowest BCUT2D eigenvalue weighted by atomic mass is 9.86. The molecule has 0 radical (unpaired) electrons. The molecule has 0 aromatic heterocycles. The number of hydrogen-bond donors (Lipinski definition) is 2. The molecule has 3 heterocycles. The number of amides is 2. The predicted molar refractivity (Wildman–Crippen MR) is 135 cm³/mol. The van der Waals surface area contributed by atoms with Crippen LogP contribution in [0.1, 0.15) is 56.7 Å². The van der Waals surface area contributed by atoms with Gasteiger partial charge in [-0.25, -0.2) is 4.99 Å². The quantitative estimate of drug-likeness (QED) is 0.631. The van der Waals surface area contributed by atoms with Crippen molar-refractivity contribution in [2.75, 3.05) is 6.61 Å². The second kappa shape index (κ2) is 8.76. The summed E-state index contributed by atoms with van der Waals surface area (Å²) in [4.78, 5) is 33.0. The van der Waals surface area contributed by atoms with E-state index in [0.717, 1.165) is 0 Å². The SMILES string of the molecule is CCC1(CC)CC(=O)N([C@@H]2CCOC3=CC4C=C(C=C32)C(=O)N[C@H]2c3ccccc3C(F)(F)[C@@H]2O4)C(N)=N1. The van der Waals surface area contributed by atoms with Crippen molar-refractivity contribution in [1.82, 2.24) is 10.2 Å². The van der Waals surface area contributed by atoms with E-state index in [2.05, 4.69) is 5.32 Å². The number of carbonyl (C=O) groups is 2. The van der Waals surface area contributed by atoms with Crippen LogP contribution in [-0.4, -0.2) is 53.1 Å². The van der Waals surface area contributed by atoms with Crippen molar-refractivity contribution in [3.05, 3.63) is 70.5 Å². The van der Waals surface area contributed by atoms with Gasteiger partial charge in [-0.15, -0.1) is 0 Å². The fraction of sp³-hybridized carbons (Fsp3) is 0.464. The first-order chi connectivity index (χ1) is 18.2. The normalized spacial score (nSPS) is 31.0. The molecule has 0 saturated carbocycles. The minimum Gasteiger partial charge on any atom is -0.493 e. The number of halogens is 2. The Labute approximate surface area is 219 Å². The second-order valence-electron chi connectivity index (χ2n) is 10.4. The van der Waals surface area contributed by atoms with Gasteiger partial charge in [0.25, 0.3) is 5.91 Å². The Hall–Kier alpha value is -3.53. The minimum absolute atomic E-state index is 0.138. The molecule has 2 bridgehead atoms. The molecule has 4 atom stereocenters. The number of aliphatic imine (C=N–C) groups is 1. The monoisotopic (exact) mass is 524 g/mol. The molecular weight excluding hydrogens is 494 g/mol. The predicted octanol–water partition coefficient (Wildman–Crippen LogP) is 3.36. The number of alkyl halides is 2. The van der Waals surface area contributed by atoms with Gasteiger partial charge in [-0.3, -0.25) is 14.5 Å². The van der Waals surface area contributed by atoms with Gasteiger partial charge < -0.3 is 20.5 Å². The van der Waals surface area contributed by atoms with Crippen LogP contribution in [0.5, 0.6) is 0 Å². The van der Waals surface area contributed by atoms with Crippen molar-refractivity contribution in [2.45, 2.75) is 75.3 Å². The number of nitrogens with two attached hydrogens (primary N) is 1. The summed E-state index contributed by atoms with van der Waals surface area (Å²) >= 11 is 0. The van der Waals surface area contributed by atoms with Gasteiger partial charge >= 0.3 is 5.92 Å². The molecule has 38 heavy (non-hydrogen) atoms. The summed E-state index contributed by atoms with van der Waals surface area (Å²) in [6, 6.07) is 4.63. The number of nitrogens with zero attached hydrogens (tertiary/aromatic N) is 2. The van der Waals surface area contributed by atoms with E-state index in [4.69, 9.17) is 20.2 Å². The molecule has 3 aliphatic heterocycles. The van der Waals surface area contributed by atoms with Gasteiger partial charge in [0.05, 0.1) is 36.8 Å². The third-order valence-corrected chi connectivity index (χ3v) is 8.41. The van der Waals surface area contributed by atoms with Crippen LogP contribution in [0, 0.1) is 0 Å². The zero-order valence-electron chi connectivity index (χ0n) is 21.2. The molecule has 3 N–H and O–H groups in total. The third kappa shape index (κ3) is 3.68. The topological polar surface area (TPSA) is 106 Å². The Morgan fingerprint density at radius 1 is 1.18 bits per heavy atom. The first-order valence-corrected chi connectivity index (χ1v) is 13.1. The molecule has 2 amide bonds. The van der Waals surface area contributed by atoms with Gasteiger partial charge in [0.2, 0.25) is 5.91 Å². The lowest BCUT2D eigenvalue weighted by molar-refractivity contribution is -0.155. The van der Waals surface area contributed by atoms with Crippen LogP contribution in [0.25, 0.3) is 0 Å². The van der Waals surface area contributed by atoms with Crippen molar-refractivity contribution in [3.63, 3.8) is 0 Å². The molecule has 0 spiro atoms. The van der Waals surface area contributed by atoms with E-state index in [1.165, 1.54) is 17.0 Å². The standard InChI is InChI=1S/C28H30F2N4O4/c1-3-27(4-2)14-22(35)34(26(31)33-27)20-9-10-37-21-13-16-11-15(12-18(20)21)25(36)32-23-17-7-5-6-8-19(17)28(29,30)24(23)38-16/h5-8,11-13,16,20,23-24H,3-4,9-10,14H2,1-2H3,(H2,31,33)(H,32,36)/t16?,20-,23+,24-/m1/s1. The summed E-state index contributed by atoms with van der Waals surface area (Å²) in [6.45, 7) is 4.25. The number of nitrogens with one attached hydrogen (secondary N) is 1. The number of carbonyl (C=O) groups excluding carboxylic acids is 2. The summed E-state index contributed by atoms with van der Waals surface area (Å²) in [5, 5.41) is 2.76. The number of ether oxygens (including phenoxy) is 2. The molecule has 5 aliphatic rings. The molecular formula is C28H30F2N4O4. The number of benzene rings is 1. The largest absolute Gasteiger partial charge is 0.493 e. The summed E-state index contributed by atoms with van der Waals surface area (Å²) in [5.41, 5.74) is 6.84. The fourth-order valence-corrected chi connectivity index (χ4v) is 6.20. The highest BCUT2D eigenvalue weighted by atomic mass is 19.3. The summed E-state index contributed by atoms with van der Waals surface area (Å²) < 4.78 is 42.8. The maximum absolute atomic E-state index is 15.5. The van der Waals surface area contributed by atoms with Gasteiger partial charge in [-0.2, -0.15) is 8.78 Å². The maximum atomic E-state index is 15.5. The van der Waals surface area contributed by atoms with E-state index in [1.54, 1.807) is 30.4 Å². The van der Waals surface area contributed by atoms with E-state index < -0.39 is 41.7 Å². The first kappa shape index (κ1) is 24.8. The van der Waals surface area contributed by atoms with Crippen LogP contribution in [0.3, 0.4) is 0 Å². The zero-order valence-corrected chi connectivity index (χ0v) is 21.2. The number of hydrogen-bond acceptors (Lipinski definition) is 6. The fourth-order valence-electron chi connectivity index (χ4n) is 6.20. The van der Waals surface area contributed by atoms with Crippen LogP contribution in [0.4, 0.5) is 8.78 Å². The Morgan fingerprint density at radius 3 is 2.68 bits per heavy atom. The lowest BCUT2D eigenvalue weighted by Crippen LogP contribution is -2.56. The van der Waals surface area contributed by atoms with Crippen molar-refractivity contribution >= 4 is 17.8 Å². The average Bonchev–Trinajstić information content (AvgIpc) is 3.01. The van der Waals surface area contributed by atoms with Crippen molar-refractivity contribution in [1.29, 1.82) is 0 Å². The molecule has 1 aromatic rings. The van der Waals surface area contributed by atoms with Gasteiger partial charge in [0.15, 0.2) is 12.1 Å². The summed E-state index contributed by atoms with van der Waals surface area (Å²) in [5.74, 6) is -3.43. The number of rotatable bonds is 3. The van der Waals surface area contributed by atoms with Gasteiger partial charge in [-0.1, -0.05) is 38.1 Å². The van der Waals surface area contributed by atoms with Crippen molar-refractivity contribution in [2.24, 2.45) is 10.7 Å². The van der Waals surface area contributed by atoms with Crippen LogP contribution in [-0.2, 0) is 25.0 Å². The van der Waals surface area contributed by atoms with E-state index in [-0.39, 0.29) is 36.0 Å². The van der Waals surface area contributed by atoms with Crippen LogP contribution >= 0.6 is 0 Å². The molecule has 200 valence electrons. The molecule has 1 saturated heterocycles. The van der Waals surface area contributed by atoms with Crippen molar-refractivity contribution in [3.8, 4) is 0 Å². The van der Waals surface area contributed by atoms with Gasteiger partial charge in [0.1, 0.15) is 5.76 Å². The van der Waals surface area contributed by atoms with Crippen LogP contribution < -0.4 is 11.1 Å². The molecule has 2 aliphatic carbocycles. The van der Waals surface area contributed by atoms with Crippen LogP contribution in [0.15, 0.2) is 64.4 Å². The molecule has 1 unspecified atom stereocenters. The number of fused-ring (bicyclic) bond motifs is 5. The Balaban J connectivity index is 1.39. The summed E-state index contributed by atoms with van der Waals surface area (Å²) in [7, 11) is 0. The second-order valence-corrected chi connectivity index (χ2v) is 10.4. The Kier molecular flexibility index (Phi) is 5.71. The highest BCUT2D eigenvalue weighted by molar-refractivity contribution is 6.00. The maximum Gasteiger partial charge on any atom is 0.301 e. The highest BCUT2D eigenvalue weighted by Crippen LogP contribution is 2.50. The Bertz CT molecular complexity index is 1330. The van der Waals surface area contributed by atoms with Crippen LogP contribution in [0.2, 0.25) is 0 Å². The molecule has 8 nitrogen and oxygen atoms in total. The molecule has 6 rings (SSSR count). The highest BCUT2D eigenvalue weighted by Gasteiger charge is 2.57. The van der Waals surface area contributed by atoms with Crippen molar-refractivity contribution < 1.29 is 27.8 Å². The molecule has 10 heteroatoms. The lowest BCUT2D eigenvalue weighted by Gasteiger charge is -2.42. The third-order valence-electron chi connectivity index (χ3n) is 8.41. The van der Waals surface area contributed by atoms with Gasteiger partial charge in [0, 0.05) is 23.1 Å². The Morgan fingerprint density at radius 2 is 1.95 bits per heavy atom. The first-order valence-electron chi connectivity index (χ1n) is 13.1. The number of guanidine groups is 1.